The zero-order valence-electron chi connectivity index (χ0n) is 14.1. The van der Waals surface area contributed by atoms with Gasteiger partial charge in [-0.3, -0.25) is 14.8 Å². The molecule has 0 bridgehead atoms. The summed E-state index contributed by atoms with van der Waals surface area (Å²) in [7, 11) is 1.90. The minimum absolute atomic E-state index is 0.154. The van der Waals surface area contributed by atoms with Gasteiger partial charge in [0, 0.05) is 37.4 Å². The van der Waals surface area contributed by atoms with E-state index in [1.54, 1.807) is 24.4 Å². The third kappa shape index (κ3) is 4.38. The Balaban J connectivity index is 1.61. The van der Waals surface area contributed by atoms with E-state index in [0.29, 0.717) is 23.9 Å². The molecule has 0 atom stereocenters. The third-order valence-electron chi connectivity index (χ3n) is 3.83. The van der Waals surface area contributed by atoms with Crippen molar-refractivity contribution < 1.29 is 9.66 Å². The molecule has 26 heavy (non-hydrogen) atoms. The van der Waals surface area contributed by atoms with Crippen molar-refractivity contribution in [2.45, 2.75) is 13.1 Å². The Labute approximate surface area is 155 Å². The molecule has 0 amide bonds. The third-order valence-corrected chi connectivity index (χ3v) is 4.06. The monoisotopic (exact) mass is 372 g/mol. The molecule has 0 saturated heterocycles. The van der Waals surface area contributed by atoms with Crippen molar-refractivity contribution in [3.63, 3.8) is 0 Å². The summed E-state index contributed by atoms with van der Waals surface area (Å²) in [5, 5.41) is 18.9. The predicted molar refractivity (Wildman–Crippen MR) is 98.4 cm³/mol. The van der Waals surface area contributed by atoms with Crippen LogP contribution in [0.15, 0.2) is 54.7 Å². The molecule has 0 aliphatic carbocycles. The van der Waals surface area contributed by atoms with Crippen molar-refractivity contribution in [1.29, 1.82) is 0 Å². The van der Waals surface area contributed by atoms with Crippen LogP contribution in [0.1, 0.15) is 11.3 Å². The number of benzene rings is 2. The van der Waals surface area contributed by atoms with Crippen LogP contribution in [0.4, 0.5) is 5.69 Å². The Morgan fingerprint density at radius 3 is 2.62 bits per heavy atom. The second kappa shape index (κ2) is 7.99. The minimum atomic E-state index is -0.516. The first-order valence-corrected chi connectivity index (χ1v) is 8.29. The van der Waals surface area contributed by atoms with Crippen molar-refractivity contribution in [2.75, 3.05) is 0 Å². The van der Waals surface area contributed by atoms with Gasteiger partial charge in [0.2, 0.25) is 5.75 Å². The SMILES string of the molecule is Cn1nccc1CNCc1ccc(Oc2ccc(Cl)cc2[N+](=O)[O-])cc1. The van der Waals surface area contributed by atoms with Gasteiger partial charge >= 0.3 is 5.69 Å². The van der Waals surface area contributed by atoms with Gasteiger partial charge in [-0.15, -0.1) is 0 Å². The first-order valence-electron chi connectivity index (χ1n) is 7.91. The van der Waals surface area contributed by atoms with E-state index in [1.807, 2.05) is 29.9 Å². The highest BCUT2D eigenvalue weighted by Crippen LogP contribution is 2.33. The Hall–Kier alpha value is -2.90. The van der Waals surface area contributed by atoms with Crippen molar-refractivity contribution in [3.8, 4) is 11.5 Å². The second-order valence-corrected chi connectivity index (χ2v) is 6.10. The van der Waals surface area contributed by atoms with Crippen LogP contribution in [0.2, 0.25) is 5.02 Å². The van der Waals surface area contributed by atoms with E-state index in [0.717, 1.165) is 11.3 Å². The van der Waals surface area contributed by atoms with Crippen molar-refractivity contribution >= 4 is 17.3 Å². The number of hydrogen-bond acceptors (Lipinski definition) is 5. The van der Waals surface area contributed by atoms with E-state index in [-0.39, 0.29) is 11.4 Å². The largest absolute Gasteiger partial charge is 0.450 e. The van der Waals surface area contributed by atoms with Crippen LogP contribution in [0.5, 0.6) is 11.5 Å². The fourth-order valence-electron chi connectivity index (χ4n) is 2.43. The smallest absolute Gasteiger partial charge is 0.313 e. The normalized spacial score (nSPS) is 10.7. The van der Waals surface area contributed by atoms with Crippen LogP contribution in [-0.4, -0.2) is 14.7 Å². The summed E-state index contributed by atoms with van der Waals surface area (Å²) < 4.78 is 7.45. The quantitative estimate of drug-likeness (QED) is 0.499. The molecule has 1 aromatic heterocycles. The predicted octanol–water partition coefficient (Wildman–Crippen LogP) is 4.06. The van der Waals surface area contributed by atoms with Crippen LogP contribution in [-0.2, 0) is 20.1 Å². The summed E-state index contributed by atoms with van der Waals surface area (Å²) in [4.78, 5) is 10.6. The van der Waals surface area contributed by atoms with E-state index in [9.17, 15) is 10.1 Å². The lowest BCUT2D eigenvalue weighted by Gasteiger charge is -2.08. The van der Waals surface area contributed by atoms with Gasteiger partial charge in [0.05, 0.1) is 10.6 Å². The molecule has 0 spiro atoms. The molecule has 0 unspecified atom stereocenters. The molecule has 1 heterocycles. The van der Waals surface area contributed by atoms with Gasteiger partial charge < -0.3 is 10.1 Å². The molecule has 134 valence electrons. The highest BCUT2D eigenvalue weighted by atomic mass is 35.5. The van der Waals surface area contributed by atoms with Crippen LogP contribution >= 0.6 is 11.6 Å². The average molecular weight is 373 g/mol. The molecule has 3 aromatic rings. The van der Waals surface area contributed by atoms with Gasteiger partial charge in [0.1, 0.15) is 5.75 Å². The molecule has 0 saturated carbocycles. The number of aromatic nitrogens is 2. The standard InChI is InChI=1S/C18H17ClN4O3/c1-22-15(8-9-21-22)12-20-11-13-2-5-16(6-3-13)26-18-7-4-14(19)10-17(18)23(24)25/h2-10,20H,11-12H2,1H3. The summed E-state index contributed by atoms with van der Waals surface area (Å²) in [6, 6.07) is 13.7. The number of aryl methyl sites for hydroxylation is 1. The van der Waals surface area contributed by atoms with E-state index < -0.39 is 4.92 Å². The summed E-state index contributed by atoms with van der Waals surface area (Å²) >= 11 is 5.81. The van der Waals surface area contributed by atoms with E-state index >= 15 is 0 Å². The molecule has 0 radical (unpaired) electrons. The Morgan fingerprint density at radius 1 is 1.19 bits per heavy atom. The van der Waals surface area contributed by atoms with E-state index in [4.69, 9.17) is 16.3 Å². The maximum absolute atomic E-state index is 11.1. The number of nitrogens with one attached hydrogen (secondary N) is 1. The first-order chi connectivity index (χ1) is 12.5. The maximum atomic E-state index is 11.1. The molecular formula is C18H17ClN4O3. The number of nitro groups is 1. The second-order valence-electron chi connectivity index (χ2n) is 5.66. The maximum Gasteiger partial charge on any atom is 0.313 e. The summed E-state index contributed by atoms with van der Waals surface area (Å²) in [5.74, 6) is 0.673. The Morgan fingerprint density at radius 2 is 1.96 bits per heavy atom. The highest BCUT2D eigenvalue weighted by molar-refractivity contribution is 6.30. The Bertz CT molecular complexity index is 909. The lowest BCUT2D eigenvalue weighted by atomic mass is 10.2. The summed E-state index contributed by atoms with van der Waals surface area (Å²) in [6.45, 7) is 1.40. The highest BCUT2D eigenvalue weighted by Gasteiger charge is 2.16. The van der Waals surface area contributed by atoms with Crippen molar-refractivity contribution in [3.05, 3.63) is 81.1 Å². The van der Waals surface area contributed by atoms with E-state index in [1.165, 1.54) is 12.1 Å². The van der Waals surface area contributed by atoms with Crippen LogP contribution in [0, 0.1) is 10.1 Å². The first kappa shape index (κ1) is 17.9. The van der Waals surface area contributed by atoms with Crippen molar-refractivity contribution in [2.24, 2.45) is 7.05 Å². The van der Waals surface area contributed by atoms with Gasteiger partial charge in [-0.2, -0.15) is 5.10 Å². The summed E-state index contributed by atoms with van der Waals surface area (Å²) in [6.07, 6.45) is 1.76. The lowest BCUT2D eigenvalue weighted by Crippen LogP contribution is -2.15. The van der Waals surface area contributed by atoms with Gasteiger partial charge in [-0.1, -0.05) is 23.7 Å². The van der Waals surface area contributed by atoms with Crippen LogP contribution in [0.25, 0.3) is 0 Å². The van der Waals surface area contributed by atoms with Crippen molar-refractivity contribution in [1.82, 2.24) is 15.1 Å². The molecule has 0 aliphatic rings. The number of rotatable bonds is 7. The van der Waals surface area contributed by atoms with Crippen LogP contribution < -0.4 is 10.1 Å². The fraction of sp³-hybridized carbons (Fsp3) is 0.167. The topological polar surface area (TPSA) is 82.2 Å². The van der Waals surface area contributed by atoms with E-state index in [2.05, 4.69) is 10.4 Å². The molecular weight excluding hydrogens is 356 g/mol. The molecule has 7 nitrogen and oxygen atoms in total. The molecule has 3 rings (SSSR count). The number of nitrogens with zero attached hydrogens (tertiary/aromatic N) is 3. The molecule has 1 N–H and O–H groups in total. The van der Waals surface area contributed by atoms with Gasteiger partial charge in [0.15, 0.2) is 0 Å². The number of halogens is 1. The Kier molecular flexibility index (Phi) is 5.50. The number of ether oxygens (including phenoxy) is 1. The van der Waals surface area contributed by atoms with Gasteiger partial charge in [-0.25, -0.2) is 0 Å². The average Bonchev–Trinajstić information content (AvgIpc) is 3.03. The minimum Gasteiger partial charge on any atom is -0.450 e. The zero-order chi connectivity index (χ0) is 18.5. The molecule has 8 heteroatoms. The summed E-state index contributed by atoms with van der Waals surface area (Å²) in [5.41, 5.74) is 2.00. The lowest BCUT2D eigenvalue weighted by molar-refractivity contribution is -0.385. The molecule has 2 aromatic carbocycles. The fourth-order valence-corrected chi connectivity index (χ4v) is 2.60. The number of nitro benzene ring substituents is 1. The number of hydrogen-bond donors (Lipinski definition) is 1. The van der Waals surface area contributed by atoms with Gasteiger partial charge in [-0.05, 0) is 35.9 Å². The molecule has 0 fully saturated rings. The zero-order valence-corrected chi connectivity index (χ0v) is 14.8. The van der Waals surface area contributed by atoms with Gasteiger partial charge in [0.25, 0.3) is 0 Å². The van der Waals surface area contributed by atoms with Crippen LogP contribution in [0.3, 0.4) is 0 Å². The molecule has 0 aliphatic heterocycles.